The first-order valence-corrected chi connectivity index (χ1v) is 8.96. The molecule has 3 heterocycles. The number of hydrogen-bond acceptors (Lipinski definition) is 5. The van der Waals surface area contributed by atoms with E-state index in [2.05, 4.69) is 15.4 Å². The van der Waals surface area contributed by atoms with Crippen LogP contribution in [0.1, 0.15) is 46.0 Å². The fraction of sp³-hybridized carbons (Fsp3) is 0.611. The predicted octanol–water partition coefficient (Wildman–Crippen LogP) is 1.91. The van der Waals surface area contributed by atoms with Gasteiger partial charge in [-0.2, -0.15) is 5.10 Å². The Morgan fingerprint density at radius 1 is 1.40 bits per heavy atom. The molecule has 0 radical (unpaired) electrons. The van der Waals surface area contributed by atoms with Gasteiger partial charge in [-0.1, -0.05) is 5.16 Å². The number of aromatic nitrogens is 3. The van der Waals surface area contributed by atoms with Gasteiger partial charge in [0.1, 0.15) is 5.76 Å². The van der Waals surface area contributed by atoms with Crippen molar-refractivity contribution in [1.29, 1.82) is 0 Å². The quantitative estimate of drug-likeness (QED) is 0.916. The number of H-pyrrole nitrogens is 1. The lowest BCUT2D eigenvalue weighted by molar-refractivity contribution is 0.0668. The van der Waals surface area contributed by atoms with Crippen LogP contribution in [0.2, 0.25) is 0 Å². The van der Waals surface area contributed by atoms with Gasteiger partial charge in [0.2, 0.25) is 0 Å². The highest BCUT2D eigenvalue weighted by molar-refractivity contribution is 5.94. The zero-order chi connectivity index (χ0) is 17.4. The number of aromatic amines is 1. The van der Waals surface area contributed by atoms with Gasteiger partial charge >= 0.3 is 0 Å². The summed E-state index contributed by atoms with van der Waals surface area (Å²) in [5.74, 6) is 1.06. The summed E-state index contributed by atoms with van der Waals surface area (Å²) < 4.78 is 11.0. The molecule has 4 rings (SSSR count). The van der Waals surface area contributed by atoms with Crippen LogP contribution in [0.25, 0.3) is 0 Å². The Balaban J connectivity index is 1.49. The molecule has 1 amide bonds. The molecule has 0 saturated carbocycles. The maximum Gasteiger partial charge on any atom is 0.274 e. The molecule has 7 heteroatoms. The molecule has 134 valence electrons. The molecular weight excluding hydrogens is 320 g/mol. The molecule has 25 heavy (non-hydrogen) atoms. The molecule has 0 spiro atoms. The Labute approximate surface area is 146 Å². The Hall–Kier alpha value is -2.15. The second-order valence-electron chi connectivity index (χ2n) is 7.12. The first-order valence-electron chi connectivity index (χ1n) is 8.96. The molecule has 2 atom stereocenters. The van der Waals surface area contributed by atoms with E-state index in [4.69, 9.17) is 9.26 Å². The second kappa shape index (κ2) is 6.63. The van der Waals surface area contributed by atoms with Crippen LogP contribution in [0.5, 0.6) is 0 Å². The summed E-state index contributed by atoms with van der Waals surface area (Å²) in [6.07, 6.45) is 4.95. The molecule has 0 aromatic carbocycles. The van der Waals surface area contributed by atoms with Crippen molar-refractivity contribution in [3.8, 4) is 0 Å². The van der Waals surface area contributed by atoms with Gasteiger partial charge in [0.05, 0.1) is 11.8 Å². The summed E-state index contributed by atoms with van der Waals surface area (Å²) >= 11 is 0. The van der Waals surface area contributed by atoms with Crippen molar-refractivity contribution < 1.29 is 14.1 Å². The van der Waals surface area contributed by atoms with Gasteiger partial charge in [-0.25, -0.2) is 0 Å². The first kappa shape index (κ1) is 16.3. The number of amides is 1. The topological polar surface area (TPSA) is 84.2 Å². The van der Waals surface area contributed by atoms with Gasteiger partial charge < -0.3 is 14.2 Å². The number of nitrogens with zero attached hydrogens (tertiary/aromatic N) is 3. The Bertz CT molecular complexity index is 766. The summed E-state index contributed by atoms with van der Waals surface area (Å²) in [6.45, 7) is 3.15. The van der Waals surface area contributed by atoms with Crippen molar-refractivity contribution in [1.82, 2.24) is 20.3 Å². The molecule has 2 aromatic rings. The van der Waals surface area contributed by atoms with Crippen LogP contribution in [0.4, 0.5) is 0 Å². The van der Waals surface area contributed by atoms with Crippen molar-refractivity contribution in [3.63, 3.8) is 0 Å². The number of hydrogen-bond donors (Lipinski definition) is 1. The zero-order valence-corrected chi connectivity index (χ0v) is 14.7. The molecule has 2 aromatic heterocycles. The molecule has 0 bridgehead atoms. The van der Waals surface area contributed by atoms with E-state index in [1.807, 2.05) is 17.9 Å². The Kier molecular flexibility index (Phi) is 4.33. The average Bonchev–Trinajstić information content (AvgIpc) is 3.33. The second-order valence-corrected chi connectivity index (χ2v) is 7.12. The zero-order valence-electron chi connectivity index (χ0n) is 14.7. The summed E-state index contributed by atoms with van der Waals surface area (Å²) in [4.78, 5) is 14.9. The molecule has 1 aliphatic carbocycles. The minimum absolute atomic E-state index is 0.00382. The van der Waals surface area contributed by atoms with Crippen molar-refractivity contribution in [2.75, 3.05) is 20.2 Å². The van der Waals surface area contributed by atoms with Gasteiger partial charge in [-0.05, 0) is 32.6 Å². The van der Waals surface area contributed by atoms with E-state index in [1.165, 1.54) is 0 Å². The minimum Gasteiger partial charge on any atom is -0.379 e. The summed E-state index contributed by atoms with van der Waals surface area (Å²) in [5, 5.41) is 11.3. The van der Waals surface area contributed by atoms with E-state index in [-0.39, 0.29) is 17.9 Å². The van der Waals surface area contributed by atoms with Crippen molar-refractivity contribution in [2.24, 2.45) is 5.92 Å². The molecular formula is C18H24N4O3. The van der Waals surface area contributed by atoms with E-state index in [0.717, 1.165) is 54.8 Å². The number of aryl methyl sites for hydroxylation is 2. The highest BCUT2D eigenvalue weighted by Gasteiger charge is 2.38. The molecule has 2 aliphatic rings. The first-order chi connectivity index (χ1) is 12.2. The SMILES string of the molecule is CO[C@H]1CN(C(=O)c2n[nH]c3c2CCCC3)C[C@H]1Cc1cc(C)no1. The van der Waals surface area contributed by atoms with Crippen molar-refractivity contribution in [3.05, 3.63) is 34.5 Å². The Morgan fingerprint density at radius 2 is 2.24 bits per heavy atom. The predicted molar refractivity (Wildman–Crippen MR) is 90.4 cm³/mol. The normalized spacial score (nSPS) is 23.0. The number of fused-ring (bicyclic) bond motifs is 1. The third-order valence-electron chi connectivity index (χ3n) is 5.37. The average molecular weight is 344 g/mol. The summed E-state index contributed by atoms with van der Waals surface area (Å²) in [7, 11) is 1.70. The number of ether oxygens (including phenoxy) is 1. The van der Waals surface area contributed by atoms with Crippen LogP contribution in [0.15, 0.2) is 10.6 Å². The monoisotopic (exact) mass is 344 g/mol. The van der Waals surface area contributed by atoms with Crippen molar-refractivity contribution >= 4 is 5.91 Å². The standard InChI is InChI=1S/C18H24N4O3/c1-11-7-13(25-21-11)8-12-9-22(10-16(12)24-2)18(23)17-14-5-3-4-6-15(14)19-20-17/h7,12,16H,3-6,8-10H2,1-2H3,(H,19,20)/t12-,16+/m1/s1. The number of nitrogens with one attached hydrogen (secondary N) is 1. The number of carbonyl (C=O) groups is 1. The third-order valence-corrected chi connectivity index (χ3v) is 5.37. The van der Waals surface area contributed by atoms with Gasteiger partial charge in [-0.3, -0.25) is 9.89 Å². The van der Waals surface area contributed by atoms with E-state index in [0.29, 0.717) is 18.8 Å². The fourth-order valence-corrected chi connectivity index (χ4v) is 4.05. The van der Waals surface area contributed by atoms with Crippen LogP contribution in [-0.2, 0) is 24.0 Å². The smallest absolute Gasteiger partial charge is 0.274 e. The van der Waals surface area contributed by atoms with Crippen LogP contribution in [0, 0.1) is 12.8 Å². The molecule has 1 fully saturated rings. The maximum absolute atomic E-state index is 13.0. The van der Waals surface area contributed by atoms with Crippen LogP contribution < -0.4 is 0 Å². The highest BCUT2D eigenvalue weighted by Crippen LogP contribution is 2.28. The lowest BCUT2D eigenvalue weighted by Crippen LogP contribution is -2.31. The maximum atomic E-state index is 13.0. The van der Waals surface area contributed by atoms with Gasteiger partial charge in [0.15, 0.2) is 5.69 Å². The summed E-state index contributed by atoms with van der Waals surface area (Å²) in [5.41, 5.74) is 3.71. The largest absolute Gasteiger partial charge is 0.379 e. The van der Waals surface area contributed by atoms with E-state index < -0.39 is 0 Å². The Morgan fingerprint density at radius 3 is 3.00 bits per heavy atom. The number of carbonyl (C=O) groups excluding carboxylic acids is 1. The minimum atomic E-state index is 0.00382. The van der Waals surface area contributed by atoms with E-state index >= 15 is 0 Å². The molecule has 7 nitrogen and oxygen atoms in total. The molecule has 1 N–H and O–H groups in total. The number of methoxy groups -OCH3 is 1. The molecule has 1 saturated heterocycles. The summed E-state index contributed by atoms with van der Waals surface area (Å²) in [6, 6.07) is 1.95. The lowest BCUT2D eigenvalue weighted by Gasteiger charge is -2.17. The van der Waals surface area contributed by atoms with E-state index in [9.17, 15) is 4.79 Å². The third kappa shape index (κ3) is 3.08. The van der Waals surface area contributed by atoms with Crippen LogP contribution in [0.3, 0.4) is 0 Å². The van der Waals surface area contributed by atoms with Gasteiger partial charge in [0, 0.05) is 49.9 Å². The van der Waals surface area contributed by atoms with Gasteiger partial charge in [0.25, 0.3) is 5.91 Å². The number of likely N-dealkylation sites (tertiary alicyclic amines) is 1. The lowest BCUT2D eigenvalue weighted by atomic mass is 9.95. The van der Waals surface area contributed by atoms with Crippen LogP contribution >= 0.6 is 0 Å². The highest BCUT2D eigenvalue weighted by atomic mass is 16.5. The number of rotatable bonds is 4. The molecule has 0 unspecified atom stereocenters. The van der Waals surface area contributed by atoms with E-state index in [1.54, 1.807) is 7.11 Å². The van der Waals surface area contributed by atoms with Crippen LogP contribution in [-0.4, -0.2) is 52.5 Å². The molecule has 1 aliphatic heterocycles. The fourth-order valence-electron chi connectivity index (χ4n) is 4.05. The van der Waals surface area contributed by atoms with Crippen molar-refractivity contribution in [2.45, 2.75) is 45.1 Å². The van der Waals surface area contributed by atoms with Gasteiger partial charge in [-0.15, -0.1) is 0 Å².